The summed E-state index contributed by atoms with van der Waals surface area (Å²) in [6.07, 6.45) is 4.00. The Kier molecular flexibility index (Phi) is 13.9. The zero-order valence-electron chi connectivity index (χ0n) is 18.5. The van der Waals surface area contributed by atoms with Crippen LogP contribution in [0, 0.1) is 0 Å². The van der Waals surface area contributed by atoms with Crippen molar-refractivity contribution < 1.29 is 12.7 Å². The topological polar surface area (TPSA) is 66.1 Å². The van der Waals surface area contributed by atoms with E-state index in [0.29, 0.717) is 25.7 Å². The van der Waals surface area contributed by atoms with E-state index in [0.717, 1.165) is 25.7 Å². The van der Waals surface area contributed by atoms with Crippen molar-refractivity contribution in [1.82, 2.24) is 0 Å². The molecule has 0 fully saturated rings. The van der Waals surface area contributed by atoms with Gasteiger partial charge in [-0.15, -0.1) is 13.1 Å². The standard InChI is InChI=1S/C24H36N3.2ClH.Ni/c1-5-17-11-9-12-18(6-2)23(17)21(25)15-27-16-22(26)24-19(7-3)13-10-14-20(24)8-4;;;/h9-14,21-22H,5-8,15-16,25-26H2,1-4H3;2*1H;/q-1;;;+3/p-2. The van der Waals surface area contributed by atoms with E-state index in [1.165, 1.54) is 33.4 Å². The van der Waals surface area contributed by atoms with Gasteiger partial charge in [0.1, 0.15) is 0 Å². The van der Waals surface area contributed by atoms with Gasteiger partial charge in [0, 0.05) is 12.1 Å². The average Bonchev–Trinajstić information content (AvgIpc) is 2.77. The number of nitrogens with two attached hydrogens (primary N) is 2. The van der Waals surface area contributed by atoms with Crippen molar-refractivity contribution in [3.05, 3.63) is 75.1 Å². The molecule has 2 aromatic carbocycles. The second-order valence-electron chi connectivity index (χ2n) is 7.24. The van der Waals surface area contributed by atoms with Crippen molar-refractivity contribution in [1.29, 1.82) is 0 Å². The van der Waals surface area contributed by atoms with Gasteiger partial charge in [0.25, 0.3) is 0 Å². The second-order valence-corrected chi connectivity index (χ2v) is 8.87. The summed E-state index contributed by atoms with van der Waals surface area (Å²) in [4.78, 5) is 0. The van der Waals surface area contributed by atoms with E-state index in [-0.39, 0.29) is 12.1 Å². The van der Waals surface area contributed by atoms with Crippen LogP contribution in [0.5, 0.6) is 0 Å². The van der Waals surface area contributed by atoms with Crippen LogP contribution >= 0.6 is 20.4 Å². The van der Waals surface area contributed by atoms with Gasteiger partial charge in [-0.3, -0.25) is 0 Å². The van der Waals surface area contributed by atoms with Crippen LogP contribution in [-0.4, -0.2) is 13.1 Å². The summed E-state index contributed by atoms with van der Waals surface area (Å²) in [5.41, 5.74) is 21.0. The molecule has 171 valence electrons. The number of benzene rings is 2. The summed E-state index contributed by atoms with van der Waals surface area (Å²) in [6, 6.07) is 12.9. The summed E-state index contributed by atoms with van der Waals surface area (Å²) in [6.45, 7) is 9.98. The van der Waals surface area contributed by atoms with E-state index < -0.39 is 0 Å². The molecule has 0 amide bonds. The first-order valence-electron chi connectivity index (χ1n) is 10.7. The van der Waals surface area contributed by atoms with Crippen LogP contribution in [0.25, 0.3) is 5.32 Å². The third-order valence-electron chi connectivity index (χ3n) is 5.49. The first kappa shape index (κ1) is 27.4. The minimum absolute atomic E-state index is 0.0598. The van der Waals surface area contributed by atoms with Crippen LogP contribution in [0.4, 0.5) is 0 Å². The average molecular weight is 496 g/mol. The Labute approximate surface area is 197 Å². The van der Waals surface area contributed by atoms with Crippen molar-refractivity contribution in [2.24, 2.45) is 11.5 Å². The zero-order valence-corrected chi connectivity index (χ0v) is 21.0. The van der Waals surface area contributed by atoms with Gasteiger partial charge in [-0.2, -0.15) is 0 Å². The van der Waals surface area contributed by atoms with Gasteiger partial charge < -0.3 is 16.8 Å². The predicted molar refractivity (Wildman–Crippen MR) is 129 cm³/mol. The molecule has 0 aromatic heterocycles. The molecule has 4 N–H and O–H groups in total. The van der Waals surface area contributed by atoms with Crippen LogP contribution in [0.3, 0.4) is 0 Å². The molecule has 0 heterocycles. The summed E-state index contributed by atoms with van der Waals surface area (Å²) in [7, 11) is 9.40. The van der Waals surface area contributed by atoms with Gasteiger partial charge in [0.2, 0.25) is 0 Å². The Balaban J connectivity index is 0.00000141. The van der Waals surface area contributed by atoms with Crippen LogP contribution in [0.15, 0.2) is 36.4 Å². The third-order valence-corrected chi connectivity index (χ3v) is 5.49. The predicted octanol–water partition coefficient (Wildman–Crippen LogP) is 6.39. The van der Waals surface area contributed by atoms with Gasteiger partial charge >= 0.3 is 33.0 Å². The van der Waals surface area contributed by atoms with Gasteiger partial charge in [0.05, 0.1) is 0 Å². The Hall–Kier alpha value is -0.606. The number of rotatable bonds is 10. The maximum absolute atomic E-state index is 6.55. The molecule has 0 spiro atoms. The molecule has 2 atom stereocenters. The second kappa shape index (κ2) is 15.2. The molecule has 0 aliphatic heterocycles. The molecule has 0 aliphatic carbocycles. The Morgan fingerprint density at radius 3 is 1.20 bits per heavy atom. The molecule has 0 aliphatic rings. The quantitative estimate of drug-likeness (QED) is 0.375. The Morgan fingerprint density at radius 2 is 0.967 bits per heavy atom. The molecule has 2 aromatic rings. The van der Waals surface area contributed by atoms with Gasteiger partial charge in [-0.1, -0.05) is 64.1 Å². The molecule has 6 heteroatoms. The molecule has 2 rings (SSSR count). The number of aryl methyl sites for hydroxylation is 4. The van der Waals surface area contributed by atoms with Gasteiger partial charge in [-0.25, -0.2) is 0 Å². The molecule has 3 nitrogen and oxygen atoms in total. The van der Waals surface area contributed by atoms with Crippen LogP contribution in [-0.2, 0) is 38.3 Å². The fourth-order valence-corrected chi connectivity index (χ4v) is 4.05. The summed E-state index contributed by atoms with van der Waals surface area (Å²) >= 11 is 0.569. The maximum atomic E-state index is 6.55. The number of hydrogen-bond donors (Lipinski definition) is 2. The third kappa shape index (κ3) is 7.82. The first-order valence-corrected chi connectivity index (χ1v) is 13.4. The number of hydrogen-bond acceptors (Lipinski definition) is 2. The molecule has 0 saturated heterocycles. The van der Waals surface area contributed by atoms with Crippen molar-refractivity contribution in [2.75, 3.05) is 13.1 Å². The minimum atomic E-state index is -0.0598. The number of nitrogens with zero attached hydrogens (tertiary/aromatic N) is 1. The molecule has 30 heavy (non-hydrogen) atoms. The van der Waals surface area contributed by atoms with Gasteiger partial charge in [0.15, 0.2) is 0 Å². The summed E-state index contributed by atoms with van der Waals surface area (Å²) < 4.78 is 0. The van der Waals surface area contributed by atoms with E-state index in [1.807, 2.05) is 0 Å². The van der Waals surface area contributed by atoms with Gasteiger partial charge in [-0.05, 0) is 59.1 Å². The Morgan fingerprint density at radius 1 is 0.700 bits per heavy atom. The van der Waals surface area contributed by atoms with E-state index in [2.05, 4.69) is 64.1 Å². The Bertz CT molecular complexity index is 649. The van der Waals surface area contributed by atoms with Crippen molar-refractivity contribution in [2.45, 2.75) is 65.5 Å². The molecular formula is C24H36Cl2N3Ni. The SMILES string of the molecule is CCc1cccc(CC)c1C(N)C[N-]CC(N)c1c(CC)cccc1CC.[Cl][Ni+][Cl]. The fraction of sp³-hybridized carbons (Fsp3) is 0.500. The van der Waals surface area contributed by atoms with Crippen molar-refractivity contribution >= 4 is 20.4 Å². The van der Waals surface area contributed by atoms with Crippen molar-refractivity contribution in [3.63, 3.8) is 0 Å². The summed E-state index contributed by atoms with van der Waals surface area (Å²) in [5, 5.41) is 4.78. The molecule has 0 bridgehead atoms. The number of halogens is 2. The van der Waals surface area contributed by atoms with E-state index in [9.17, 15) is 0 Å². The zero-order chi connectivity index (χ0) is 22.5. The molecule has 0 saturated carbocycles. The van der Waals surface area contributed by atoms with E-state index in [4.69, 9.17) is 37.2 Å². The van der Waals surface area contributed by atoms with Crippen LogP contribution < -0.4 is 11.5 Å². The van der Waals surface area contributed by atoms with Crippen LogP contribution in [0.2, 0.25) is 0 Å². The fourth-order valence-electron chi connectivity index (χ4n) is 4.05. The molecule has 0 radical (unpaired) electrons. The van der Waals surface area contributed by atoms with E-state index in [1.54, 1.807) is 0 Å². The first-order chi connectivity index (χ1) is 14.5. The monoisotopic (exact) mass is 494 g/mol. The molecular weight excluding hydrogens is 460 g/mol. The van der Waals surface area contributed by atoms with E-state index >= 15 is 0 Å². The summed E-state index contributed by atoms with van der Waals surface area (Å²) in [5.74, 6) is 0. The molecule has 2 unspecified atom stereocenters. The normalized spacial score (nSPS) is 12.9. The van der Waals surface area contributed by atoms with Crippen LogP contribution in [0.1, 0.15) is 73.2 Å². The van der Waals surface area contributed by atoms with Crippen molar-refractivity contribution in [3.8, 4) is 0 Å².